The molecule has 0 aliphatic carbocycles. The number of carbonyl (C=O) groups excluding carboxylic acids is 1. The summed E-state index contributed by atoms with van der Waals surface area (Å²) >= 11 is 12.2. The van der Waals surface area contributed by atoms with Gasteiger partial charge in [0.15, 0.2) is 6.61 Å². The van der Waals surface area contributed by atoms with Crippen molar-refractivity contribution >= 4 is 40.1 Å². The van der Waals surface area contributed by atoms with Crippen molar-refractivity contribution in [1.82, 2.24) is 4.90 Å². The van der Waals surface area contributed by atoms with E-state index in [0.29, 0.717) is 27.9 Å². The van der Waals surface area contributed by atoms with Crippen LogP contribution in [0, 0.1) is 6.92 Å². The van der Waals surface area contributed by atoms with Crippen LogP contribution in [0.2, 0.25) is 10.0 Å². The largest absolute Gasteiger partial charge is 0.484 e. The Balaban J connectivity index is 1.67. The summed E-state index contributed by atoms with van der Waals surface area (Å²) in [7, 11) is 1.66. The zero-order valence-electron chi connectivity index (χ0n) is 14.8. The molecule has 0 fully saturated rings. The second-order valence-electron chi connectivity index (χ2n) is 6.16. The van der Waals surface area contributed by atoms with Gasteiger partial charge in [0.2, 0.25) is 0 Å². The number of halogens is 2. The average Bonchev–Trinajstić information content (AvgIpc) is 2.63. The molecule has 0 radical (unpaired) electrons. The SMILES string of the molecule is Cc1cc(=O)oc2cc(OCC(=O)N(C)Cc3cccc(Cl)c3Cl)ccc12. The third kappa shape index (κ3) is 4.43. The van der Waals surface area contributed by atoms with Gasteiger partial charge in [-0.2, -0.15) is 0 Å². The molecule has 0 atom stereocenters. The van der Waals surface area contributed by atoms with E-state index >= 15 is 0 Å². The summed E-state index contributed by atoms with van der Waals surface area (Å²) in [5, 5.41) is 1.69. The lowest BCUT2D eigenvalue weighted by Crippen LogP contribution is -2.31. The molecular formula is C20H17Cl2NO4. The molecule has 0 bridgehead atoms. The number of amides is 1. The number of fused-ring (bicyclic) bond motifs is 1. The molecule has 0 unspecified atom stereocenters. The molecule has 1 aromatic heterocycles. The molecule has 1 amide bonds. The van der Waals surface area contributed by atoms with E-state index in [4.69, 9.17) is 32.4 Å². The van der Waals surface area contributed by atoms with Crippen LogP contribution in [0.4, 0.5) is 0 Å². The number of aryl methyl sites for hydroxylation is 1. The van der Waals surface area contributed by atoms with Gasteiger partial charge in [0, 0.05) is 31.1 Å². The van der Waals surface area contributed by atoms with Gasteiger partial charge in [0.05, 0.1) is 10.0 Å². The predicted molar refractivity (Wildman–Crippen MR) is 106 cm³/mol. The maximum absolute atomic E-state index is 12.3. The van der Waals surface area contributed by atoms with Crippen molar-refractivity contribution in [2.45, 2.75) is 13.5 Å². The highest BCUT2D eigenvalue weighted by molar-refractivity contribution is 6.42. The number of hydrogen-bond donors (Lipinski definition) is 0. The molecule has 0 aliphatic rings. The predicted octanol–water partition coefficient (Wildman–Crippen LogP) is 4.45. The summed E-state index contributed by atoms with van der Waals surface area (Å²) in [5.41, 5.74) is 1.57. The second-order valence-corrected chi connectivity index (χ2v) is 6.94. The Labute approximate surface area is 166 Å². The lowest BCUT2D eigenvalue weighted by Gasteiger charge is -2.18. The Morgan fingerprint density at radius 2 is 1.96 bits per heavy atom. The number of nitrogens with zero attached hydrogens (tertiary/aromatic N) is 1. The van der Waals surface area contributed by atoms with E-state index < -0.39 is 5.63 Å². The molecule has 5 nitrogen and oxygen atoms in total. The first-order chi connectivity index (χ1) is 12.8. The van der Waals surface area contributed by atoms with Crippen LogP contribution < -0.4 is 10.4 Å². The highest BCUT2D eigenvalue weighted by atomic mass is 35.5. The van der Waals surface area contributed by atoms with Crippen LogP contribution in [-0.4, -0.2) is 24.5 Å². The molecule has 140 valence electrons. The van der Waals surface area contributed by atoms with Gasteiger partial charge in [-0.3, -0.25) is 4.79 Å². The summed E-state index contributed by atoms with van der Waals surface area (Å²) in [6, 6.07) is 11.8. The number of ether oxygens (including phenoxy) is 1. The molecule has 2 aromatic carbocycles. The molecule has 1 heterocycles. The van der Waals surface area contributed by atoms with E-state index in [1.807, 2.05) is 13.0 Å². The van der Waals surface area contributed by atoms with Crippen molar-refractivity contribution in [3.63, 3.8) is 0 Å². The van der Waals surface area contributed by atoms with E-state index in [1.165, 1.54) is 11.0 Å². The third-order valence-electron chi connectivity index (χ3n) is 4.15. The summed E-state index contributed by atoms with van der Waals surface area (Å²) in [6.07, 6.45) is 0. The first kappa shape index (κ1) is 19.3. The molecular weight excluding hydrogens is 389 g/mol. The lowest BCUT2D eigenvalue weighted by molar-refractivity contribution is -0.132. The number of carbonyl (C=O) groups is 1. The average molecular weight is 406 g/mol. The minimum absolute atomic E-state index is 0.157. The maximum atomic E-state index is 12.3. The van der Waals surface area contributed by atoms with Gasteiger partial charge in [-0.1, -0.05) is 35.3 Å². The monoisotopic (exact) mass is 405 g/mol. The van der Waals surface area contributed by atoms with E-state index in [0.717, 1.165) is 16.5 Å². The van der Waals surface area contributed by atoms with E-state index in [1.54, 1.807) is 37.4 Å². The molecule has 3 aromatic rings. The van der Waals surface area contributed by atoms with Gasteiger partial charge in [0.25, 0.3) is 5.91 Å². The summed E-state index contributed by atoms with van der Waals surface area (Å²) in [5.74, 6) is 0.218. The first-order valence-electron chi connectivity index (χ1n) is 8.19. The third-order valence-corrected chi connectivity index (χ3v) is 5.01. The Morgan fingerprint density at radius 3 is 2.74 bits per heavy atom. The highest BCUT2D eigenvalue weighted by Gasteiger charge is 2.13. The summed E-state index contributed by atoms with van der Waals surface area (Å²) in [4.78, 5) is 25.4. The minimum atomic E-state index is -0.425. The highest BCUT2D eigenvalue weighted by Crippen LogP contribution is 2.26. The van der Waals surface area contributed by atoms with Crippen molar-refractivity contribution in [2.24, 2.45) is 0 Å². The molecule has 0 N–H and O–H groups in total. The van der Waals surface area contributed by atoms with Gasteiger partial charge in [-0.15, -0.1) is 0 Å². The van der Waals surface area contributed by atoms with Gasteiger partial charge in [-0.05, 0) is 36.2 Å². The van der Waals surface area contributed by atoms with Gasteiger partial charge < -0.3 is 14.1 Å². The van der Waals surface area contributed by atoms with Crippen LogP contribution in [0.3, 0.4) is 0 Å². The maximum Gasteiger partial charge on any atom is 0.336 e. The van der Waals surface area contributed by atoms with E-state index in [2.05, 4.69) is 0 Å². The fourth-order valence-corrected chi connectivity index (χ4v) is 3.04. The van der Waals surface area contributed by atoms with Gasteiger partial charge >= 0.3 is 5.63 Å². The fourth-order valence-electron chi connectivity index (χ4n) is 2.66. The van der Waals surface area contributed by atoms with Crippen LogP contribution in [0.1, 0.15) is 11.1 Å². The van der Waals surface area contributed by atoms with Crippen LogP contribution in [-0.2, 0) is 11.3 Å². The quantitative estimate of drug-likeness (QED) is 0.588. The Kier molecular flexibility index (Phi) is 5.73. The lowest BCUT2D eigenvalue weighted by atomic mass is 10.1. The number of rotatable bonds is 5. The van der Waals surface area contributed by atoms with Crippen LogP contribution in [0.25, 0.3) is 11.0 Å². The molecule has 3 rings (SSSR count). The van der Waals surface area contributed by atoms with Gasteiger partial charge in [-0.25, -0.2) is 4.79 Å². The van der Waals surface area contributed by atoms with Crippen molar-refractivity contribution in [3.8, 4) is 5.75 Å². The topological polar surface area (TPSA) is 59.8 Å². The van der Waals surface area contributed by atoms with Crippen molar-refractivity contribution in [1.29, 1.82) is 0 Å². The number of benzene rings is 2. The van der Waals surface area contributed by atoms with E-state index in [9.17, 15) is 9.59 Å². The summed E-state index contributed by atoms with van der Waals surface area (Å²) < 4.78 is 10.7. The smallest absolute Gasteiger partial charge is 0.336 e. The molecule has 0 spiro atoms. The summed E-state index contributed by atoms with van der Waals surface area (Å²) in [6.45, 7) is 1.99. The van der Waals surface area contributed by atoms with Crippen molar-refractivity contribution < 1.29 is 13.9 Å². The molecule has 0 saturated heterocycles. The molecule has 7 heteroatoms. The molecule has 0 aliphatic heterocycles. The molecule has 27 heavy (non-hydrogen) atoms. The Morgan fingerprint density at radius 1 is 1.19 bits per heavy atom. The second kappa shape index (κ2) is 8.03. The van der Waals surface area contributed by atoms with Crippen LogP contribution >= 0.6 is 23.2 Å². The van der Waals surface area contributed by atoms with Gasteiger partial charge in [0.1, 0.15) is 11.3 Å². The number of hydrogen-bond acceptors (Lipinski definition) is 4. The van der Waals surface area contributed by atoms with Crippen LogP contribution in [0.5, 0.6) is 5.75 Å². The number of likely N-dealkylation sites (N-methyl/N-ethyl adjacent to an activating group) is 1. The van der Waals surface area contributed by atoms with Crippen molar-refractivity contribution in [3.05, 3.63) is 74.1 Å². The zero-order valence-corrected chi connectivity index (χ0v) is 16.3. The first-order valence-corrected chi connectivity index (χ1v) is 8.95. The van der Waals surface area contributed by atoms with Crippen LogP contribution in [0.15, 0.2) is 51.7 Å². The Hall–Kier alpha value is -2.50. The van der Waals surface area contributed by atoms with Crippen molar-refractivity contribution in [2.75, 3.05) is 13.7 Å². The minimum Gasteiger partial charge on any atom is -0.484 e. The van der Waals surface area contributed by atoms with E-state index in [-0.39, 0.29) is 12.5 Å². The normalized spacial score (nSPS) is 10.8. The fraction of sp³-hybridized carbons (Fsp3) is 0.200. The Bertz CT molecular complexity index is 1060. The molecule has 0 saturated carbocycles. The zero-order chi connectivity index (χ0) is 19.6. The standard InChI is InChI=1S/C20H17Cl2NO4/c1-12-8-19(25)27-17-9-14(6-7-15(12)17)26-11-18(24)23(2)10-13-4-3-5-16(21)20(13)22/h3-9H,10-11H2,1-2H3.